The zero-order valence-corrected chi connectivity index (χ0v) is 12.6. The SMILES string of the molecule is CCOC(=O)c1cc(-c2ccc(OC)c(OC)c2)oc1C. The highest BCUT2D eigenvalue weighted by Crippen LogP contribution is 2.34. The predicted molar refractivity (Wildman–Crippen MR) is 77.9 cm³/mol. The lowest BCUT2D eigenvalue weighted by atomic mass is 10.1. The molecule has 5 nitrogen and oxygen atoms in total. The maximum Gasteiger partial charge on any atom is 0.341 e. The summed E-state index contributed by atoms with van der Waals surface area (Å²) in [6.45, 7) is 3.83. The molecule has 112 valence electrons. The molecule has 2 rings (SSSR count). The number of rotatable bonds is 5. The molecule has 0 aliphatic rings. The first-order chi connectivity index (χ1) is 10.1. The molecule has 0 bridgehead atoms. The molecule has 0 unspecified atom stereocenters. The summed E-state index contributed by atoms with van der Waals surface area (Å²) in [4.78, 5) is 11.8. The van der Waals surface area contributed by atoms with Crippen molar-refractivity contribution in [2.45, 2.75) is 13.8 Å². The lowest BCUT2D eigenvalue weighted by Crippen LogP contribution is -2.04. The maximum absolute atomic E-state index is 11.8. The molecule has 2 aromatic rings. The van der Waals surface area contributed by atoms with E-state index in [0.29, 0.717) is 35.2 Å². The lowest BCUT2D eigenvalue weighted by Gasteiger charge is -2.08. The van der Waals surface area contributed by atoms with Gasteiger partial charge in [-0.25, -0.2) is 4.79 Å². The Hall–Kier alpha value is -2.43. The molecule has 0 amide bonds. The molecule has 0 spiro atoms. The topological polar surface area (TPSA) is 57.9 Å². The van der Waals surface area contributed by atoms with Crippen LogP contribution in [0.15, 0.2) is 28.7 Å². The van der Waals surface area contributed by atoms with E-state index in [9.17, 15) is 4.79 Å². The van der Waals surface area contributed by atoms with Crippen molar-refractivity contribution in [3.8, 4) is 22.8 Å². The first-order valence-electron chi connectivity index (χ1n) is 6.60. The Morgan fingerprint density at radius 3 is 2.48 bits per heavy atom. The van der Waals surface area contributed by atoms with Crippen molar-refractivity contribution in [1.82, 2.24) is 0 Å². The molecular weight excluding hydrogens is 272 g/mol. The van der Waals surface area contributed by atoms with Gasteiger partial charge in [0, 0.05) is 5.56 Å². The number of carbonyl (C=O) groups excluding carboxylic acids is 1. The molecule has 21 heavy (non-hydrogen) atoms. The zero-order valence-electron chi connectivity index (χ0n) is 12.6. The van der Waals surface area contributed by atoms with Gasteiger partial charge in [0.05, 0.1) is 20.8 Å². The van der Waals surface area contributed by atoms with E-state index < -0.39 is 0 Å². The summed E-state index contributed by atoms with van der Waals surface area (Å²) in [5.41, 5.74) is 1.23. The average Bonchev–Trinajstić information content (AvgIpc) is 2.88. The van der Waals surface area contributed by atoms with E-state index in [1.54, 1.807) is 46.3 Å². The molecule has 0 saturated heterocycles. The van der Waals surface area contributed by atoms with Gasteiger partial charge < -0.3 is 18.6 Å². The summed E-state index contributed by atoms with van der Waals surface area (Å²) in [7, 11) is 3.15. The molecule has 0 saturated carbocycles. The molecule has 0 N–H and O–H groups in total. The van der Waals surface area contributed by atoms with Crippen LogP contribution in [0.25, 0.3) is 11.3 Å². The molecule has 1 aromatic heterocycles. The summed E-state index contributed by atoms with van der Waals surface area (Å²) in [6, 6.07) is 7.10. The molecule has 1 heterocycles. The largest absolute Gasteiger partial charge is 0.493 e. The van der Waals surface area contributed by atoms with Gasteiger partial charge in [-0.1, -0.05) is 0 Å². The molecule has 0 radical (unpaired) electrons. The second-order valence-electron chi connectivity index (χ2n) is 4.37. The van der Waals surface area contributed by atoms with Crippen LogP contribution in [0.2, 0.25) is 0 Å². The number of benzene rings is 1. The average molecular weight is 290 g/mol. The fraction of sp³-hybridized carbons (Fsp3) is 0.312. The van der Waals surface area contributed by atoms with Crippen molar-refractivity contribution in [2.75, 3.05) is 20.8 Å². The smallest absolute Gasteiger partial charge is 0.341 e. The molecule has 1 aromatic carbocycles. The van der Waals surface area contributed by atoms with Crippen molar-refractivity contribution >= 4 is 5.97 Å². The minimum atomic E-state index is -0.384. The Bertz CT molecular complexity index is 642. The monoisotopic (exact) mass is 290 g/mol. The number of ether oxygens (including phenoxy) is 3. The van der Waals surface area contributed by atoms with Gasteiger partial charge in [-0.05, 0) is 38.1 Å². The normalized spacial score (nSPS) is 10.3. The quantitative estimate of drug-likeness (QED) is 0.789. The Kier molecular flexibility index (Phi) is 4.52. The number of carbonyl (C=O) groups is 1. The van der Waals surface area contributed by atoms with Crippen LogP contribution in [0, 0.1) is 6.92 Å². The van der Waals surface area contributed by atoms with E-state index in [0.717, 1.165) is 5.56 Å². The number of furan rings is 1. The van der Waals surface area contributed by atoms with Crippen LogP contribution < -0.4 is 9.47 Å². The van der Waals surface area contributed by atoms with Crippen LogP contribution in [0.5, 0.6) is 11.5 Å². The van der Waals surface area contributed by atoms with Gasteiger partial charge in [0.2, 0.25) is 0 Å². The molecule has 0 fully saturated rings. The second kappa shape index (κ2) is 6.35. The van der Waals surface area contributed by atoms with E-state index in [-0.39, 0.29) is 5.97 Å². The molecule has 0 aliphatic heterocycles. The Labute approximate surface area is 123 Å². The third kappa shape index (κ3) is 3.02. The van der Waals surface area contributed by atoms with Crippen LogP contribution in [0.4, 0.5) is 0 Å². The van der Waals surface area contributed by atoms with Crippen LogP contribution in [0.1, 0.15) is 23.0 Å². The highest BCUT2D eigenvalue weighted by molar-refractivity contribution is 5.91. The van der Waals surface area contributed by atoms with Gasteiger partial charge in [-0.15, -0.1) is 0 Å². The molecule has 0 aliphatic carbocycles. The third-order valence-corrected chi connectivity index (χ3v) is 3.08. The van der Waals surface area contributed by atoms with E-state index in [1.165, 1.54) is 0 Å². The van der Waals surface area contributed by atoms with Crippen molar-refractivity contribution in [3.63, 3.8) is 0 Å². The third-order valence-electron chi connectivity index (χ3n) is 3.08. The van der Waals surface area contributed by atoms with Crippen LogP contribution >= 0.6 is 0 Å². The maximum atomic E-state index is 11.8. The Balaban J connectivity index is 2.39. The first-order valence-corrected chi connectivity index (χ1v) is 6.60. The standard InChI is InChI=1S/C16H18O5/c1-5-20-16(17)12-9-14(21-10(12)2)11-6-7-13(18-3)15(8-11)19-4/h6-9H,5H2,1-4H3. The first kappa shape index (κ1) is 15.0. The van der Waals surface area contributed by atoms with Gasteiger partial charge in [-0.3, -0.25) is 0 Å². The van der Waals surface area contributed by atoms with Gasteiger partial charge in [-0.2, -0.15) is 0 Å². The Morgan fingerprint density at radius 1 is 1.14 bits per heavy atom. The fourth-order valence-electron chi connectivity index (χ4n) is 2.03. The van der Waals surface area contributed by atoms with E-state index >= 15 is 0 Å². The molecular formula is C16H18O5. The van der Waals surface area contributed by atoms with Crippen molar-refractivity contribution in [2.24, 2.45) is 0 Å². The Morgan fingerprint density at radius 2 is 1.86 bits per heavy atom. The molecule has 5 heteroatoms. The fourth-order valence-corrected chi connectivity index (χ4v) is 2.03. The lowest BCUT2D eigenvalue weighted by molar-refractivity contribution is 0.0524. The summed E-state index contributed by atoms with van der Waals surface area (Å²) in [5.74, 6) is 1.96. The van der Waals surface area contributed by atoms with Gasteiger partial charge >= 0.3 is 5.97 Å². The number of hydrogen-bond donors (Lipinski definition) is 0. The summed E-state index contributed by atoms with van der Waals surface area (Å²) in [5, 5.41) is 0. The minimum absolute atomic E-state index is 0.329. The van der Waals surface area contributed by atoms with E-state index in [1.807, 2.05) is 6.07 Å². The van der Waals surface area contributed by atoms with Crippen molar-refractivity contribution < 1.29 is 23.4 Å². The summed E-state index contributed by atoms with van der Waals surface area (Å²) < 4.78 is 21.1. The van der Waals surface area contributed by atoms with Crippen LogP contribution in [-0.4, -0.2) is 26.8 Å². The number of esters is 1. The molecule has 0 atom stereocenters. The van der Waals surface area contributed by atoms with Crippen LogP contribution in [0.3, 0.4) is 0 Å². The van der Waals surface area contributed by atoms with Crippen molar-refractivity contribution in [3.05, 3.63) is 35.6 Å². The number of aryl methyl sites for hydroxylation is 1. The van der Waals surface area contributed by atoms with Gasteiger partial charge in [0.25, 0.3) is 0 Å². The summed E-state index contributed by atoms with van der Waals surface area (Å²) in [6.07, 6.45) is 0. The van der Waals surface area contributed by atoms with Crippen LogP contribution in [-0.2, 0) is 4.74 Å². The highest BCUT2D eigenvalue weighted by Gasteiger charge is 2.17. The summed E-state index contributed by atoms with van der Waals surface area (Å²) >= 11 is 0. The number of methoxy groups -OCH3 is 2. The zero-order chi connectivity index (χ0) is 15.4. The number of hydrogen-bond acceptors (Lipinski definition) is 5. The van der Waals surface area contributed by atoms with Crippen molar-refractivity contribution in [1.29, 1.82) is 0 Å². The van der Waals surface area contributed by atoms with E-state index in [2.05, 4.69) is 0 Å². The minimum Gasteiger partial charge on any atom is -0.493 e. The van der Waals surface area contributed by atoms with E-state index in [4.69, 9.17) is 18.6 Å². The van der Waals surface area contributed by atoms with Gasteiger partial charge in [0.1, 0.15) is 17.1 Å². The second-order valence-corrected chi connectivity index (χ2v) is 4.37. The van der Waals surface area contributed by atoms with Gasteiger partial charge in [0.15, 0.2) is 11.5 Å². The highest BCUT2D eigenvalue weighted by atomic mass is 16.5. The predicted octanol–water partition coefficient (Wildman–Crippen LogP) is 3.45.